The second kappa shape index (κ2) is 7.64. The predicted octanol–water partition coefficient (Wildman–Crippen LogP) is 2.18. The van der Waals surface area contributed by atoms with Crippen molar-refractivity contribution in [3.8, 4) is 0 Å². The topological polar surface area (TPSA) is 71.8 Å². The lowest BCUT2D eigenvalue weighted by atomic mass is 10.2. The van der Waals surface area contributed by atoms with Gasteiger partial charge in [-0.05, 0) is 25.5 Å². The van der Waals surface area contributed by atoms with Crippen molar-refractivity contribution >= 4 is 23.3 Å². The molecule has 0 spiro atoms. The van der Waals surface area contributed by atoms with Crippen LogP contribution in [0, 0.1) is 0 Å². The van der Waals surface area contributed by atoms with Gasteiger partial charge in [-0.25, -0.2) is 4.98 Å². The van der Waals surface area contributed by atoms with E-state index in [0.717, 1.165) is 19.5 Å². The van der Waals surface area contributed by atoms with Crippen molar-refractivity contribution in [2.45, 2.75) is 19.9 Å². The Labute approximate surface area is 128 Å². The third-order valence-electron chi connectivity index (χ3n) is 2.87. The van der Waals surface area contributed by atoms with Gasteiger partial charge >= 0.3 is 0 Å². The van der Waals surface area contributed by atoms with Gasteiger partial charge in [0.05, 0.1) is 10.6 Å². The summed E-state index contributed by atoms with van der Waals surface area (Å²) >= 11 is 6.02. The Morgan fingerprint density at radius 2 is 2.33 bits per heavy atom. The van der Waals surface area contributed by atoms with E-state index in [9.17, 15) is 4.79 Å². The summed E-state index contributed by atoms with van der Waals surface area (Å²) in [6.07, 6.45) is 5.91. The summed E-state index contributed by atoms with van der Waals surface area (Å²) in [5, 5.41) is 10.4. The molecule has 2 rings (SSSR count). The largest absolute Gasteiger partial charge is 0.370 e. The summed E-state index contributed by atoms with van der Waals surface area (Å²) in [5.41, 5.74) is 0.432. The number of aryl methyl sites for hydroxylation is 1. The molecule has 112 valence electrons. The third kappa shape index (κ3) is 4.46. The van der Waals surface area contributed by atoms with Gasteiger partial charge in [-0.15, -0.1) is 0 Å². The number of rotatable bonds is 7. The van der Waals surface area contributed by atoms with Crippen molar-refractivity contribution < 1.29 is 4.79 Å². The molecule has 2 heterocycles. The maximum absolute atomic E-state index is 12.1. The van der Waals surface area contributed by atoms with E-state index >= 15 is 0 Å². The summed E-state index contributed by atoms with van der Waals surface area (Å²) in [7, 11) is 0. The number of nitrogens with one attached hydrogen (secondary N) is 2. The van der Waals surface area contributed by atoms with Gasteiger partial charge in [-0.1, -0.05) is 11.6 Å². The monoisotopic (exact) mass is 307 g/mol. The van der Waals surface area contributed by atoms with Crippen molar-refractivity contribution in [1.82, 2.24) is 20.1 Å². The van der Waals surface area contributed by atoms with Crippen LogP contribution < -0.4 is 10.6 Å². The number of hydrogen-bond donors (Lipinski definition) is 2. The van der Waals surface area contributed by atoms with Gasteiger partial charge < -0.3 is 10.6 Å². The van der Waals surface area contributed by atoms with Gasteiger partial charge in [0, 0.05) is 38.2 Å². The average Bonchev–Trinajstić information content (AvgIpc) is 2.99. The van der Waals surface area contributed by atoms with E-state index in [1.54, 1.807) is 12.3 Å². The van der Waals surface area contributed by atoms with Crippen LogP contribution >= 0.6 is 11.6 Å². The molecule has 0 aliphatic carbocycles. The zero-order valence-corrected chi connectivity index (χ0v) is 12.6. The van der Waals surface area contributed by atoms with Gasteiger partial charge in [0.2, 0.25) is 0 Å². The van der Waals surface area contributed by atoms with Crippen LogP contribution in [-0.4, -0.2) is 33.8 Å². The number of nitrogens with zero attached hydrogens (tertiary/aromatic N) is 3. The van der Waals surface area contributed by atoms with Crippen molar-refractivity contribution in [1.29, 1.82) is 0 Å². The first kappa shape index (κ1) is 15.3. The number of hydrogen-bond acceptors (Lipinski definition) is 4. The number of aromatic nitrogens is 3. The Morgan fingerprint density at radius 3 is 3.05 bits per heavy atom. The van der Waals surface area contributed by atoms with Crippen LogP contribution in [0.2, 0.25) is 5.02 Å². The highest BCUT2D eigenvalue weighted by molar-refractivity contribution is 6.33. The van der Waals surface area contributed by atoms with Gasteiger partial charge in [0.25, 0.3) is 5.91 Å². The highest BCUT2D eigenvalue weighted by atomic mass is 35.5. The molecule has 0 unspecified atom stereocenters. The molecule has 2 N–H and O–H groups in total. The van der Waals surface area contributed by atoms with Gasteiger partial charge in [-0.3, -0.25) is 9.48 Å². The Hall–Kier alpha value is -2.08. The first-order valence-corrected chi connectivity index (χ1v) is 7.23. The smallest absolute Gasteiger partial charge is 0.252 e. The van der Waals surface area contributed by atoms with E-state index in [1.807, 2.05) is 23.9 Å². The fourth-order valence-electron chi connectivity index (χ4n) is 1.86. The highest BCUT2D eigenvalue weighted by Crippen LogP contribution is 2.17. The normalized spacial score (nSPS) is 10.4. The lowest BCUT2D eigenvalue weighted by Crippen LogP contribution is -2.25. The molecule has 0 bridgehead atoms. The first-order chi connectivity index (χ1) is 10.2. The minimum Gasteiger partial charge on any atom is -0.370 e. The summed E-state index contributed by atoms with van der Waals surface area (Å²) in [6, 6.07) is 3.53. The van der Waals surface area contributed by atoms with Gasteiger partial charge in [0.1, 0.15) is 5.82 Å². The maximum Gasteiger partial charge on any atom is 0.252 e. The molecule has 2 aromatic rings. The summed E-state index contributed by atoms with van der Waals surface area (Å²) in [4.78, 5) is 16.2. The van der Waals surface area contributed by atoms with Crippen molar-refractivity contribution in [3.05, 3.63) is 41.3 Å². The second-order valence-electron chi connectivity index (χ2n) is 4.46. The number of carbonyl (C=O) groups is 1. The van der Waals surface area contributed by atoms with Crippen molar-refractivity contribution in [2.75, 3.05) is 18.4 Å². The minimum absolute atomic E-state index is 0.193. The number of amides is 1. The number of halogens is 1. The lowest BCUT2D eigenvalue weighted by Gasteiger charge is -2.09. The van der Waals surface area contributed by atoms with Crippen LogP contribution in [0.25, 0.3) is 0 Å². The molecule has 0 aliphatic rings. The Bertz CT molecular complexity index is 585. The Balaban J connectivity index is 1.86. The molecule has 0 aliphatic heterocycles. The standard InChI is InChI=1S/C14H18ClN5O/c1-2-16-13-9-11(12(15)10-18-13)14(21)17-5-3-7-20-8-4-6-19-20/h4,6,8-10H,2-3,5,7H2,1H3,(H,16,18)(H,17,21). The van der Waals surface area contributed by atoms with E-state index < -0.39 is 0 Å². The molecule has 0 saturated carbocycles. The molecule has 0 saturated heterocycles. The molecule has 0 atom stereocenters. The third-order valence-corrected chi connectivity index (χ3v) is 3.17. The summed E-state index contributed by atoms with van der Waals surface area (Å²) in [6.45, 7) is 4.03. The zero-order valence-electron chi connectivity index (χ0n) is 11.8. The fourth-order valence-corrected chi connectivity index (χ4v) is 2.05. The minimum atomic E-state index is -0.193. The van der Waals surface area contributed by atoms with Crippen molar-refractivity contribution in [2.24, 2.45) is 0 Å². The molecule has 0 fully saturated rings. The number of anilines is 1. The predicted molar refractivity (Wildman–Crippen MR) is 82.6 cm³/mol. The molecule has 0 aromatic carbocycles. The van der Waals surface area contributed by atoms with Crippen LogP contribution in [0.5, 0.6) is 0 Å². The molecular weight excluding hydrogens is 290 g/mol. The quantitative estimate of drug-likeness (QED) is 0.769. The Kier molecular flexibility index (Phi) is 5.57. The van der Waals surface area contributed by atoms with E-state index in [4.69, 9.17) is 11.6 Å². The molecule has 21 heavy (non-hydrogen) atoms. The summed E-state index contributed by atoms with van der Waals surface area (Å²) < 4.78 is 1.83. The maximum atomic E-state index is 12.1. The van der Waals surface area contributed by atoms with E-state index in [1.165, 1.54) is 6.20 Å². The van der Waals surface area contributed by atoms with E-state index in [-0.39, 0.29) is 5.91 Å². The lowest BCUT2D eigenvalue weighted by molar-refractivity contribution is 0.0952. The average molecular weight is 308 g/mol. The van der Waals surface area contributed by atoms with E-state index in [2.05, 4.69) is 20.7 Å². The van der Waals surface area contributed by atoms with Crippen LogP contribution in [0.1, 0.15) is 23.7 Å². The van der Waals surface area contributed by atoms with Crippen LogP contribution in [-0.2, 0) is 6.54 Å². The first-order valence-electron chi connectivity index (χ1n) is 6.85. The number of pyridine rings is 1. The van der Waals surface area contributed by atoms with Crippen LogP contribution in [0.4, 0.5) is 5.82 Å². The van der Waals surface area contributed by atoms with Crippen LogP contribution in [0.15, 0.2) is 30.7 Å². The SMILES string of the molecule is CCNc1cc(C(=O)NCCCn2cccn2)c(Cl)cn1. The van der Waals surface area contributed by atoms with Gasteiger partial charge in [0.15, 0.2) is 0 Å². The molecule has 7 heteroatoms. The highest BCUT2D eigenvalue weighted by Gasteiger charge is 2.11. The molecule has 2 aromatic heterocycles. The molecular formula is C14H18ClN5O. The fraction of sp³-hybridized carbons (Fsp3) is 0.357. The summed E-state index contributed by atoms with van der Waals surface area (Å²) in [5.74, 6) is 0.450. The Morgan fingerprint density at radius 1 is 1.48 bits per heavy atom. The van der Waals surface area contributed by atoms with Crippen LogP contribution in [0.3, 0.4) is 0 Å². The second-order valence-corrected chi connectivity index (χ2v) is 4.87. The molecule has 6 nitrogen and oxygen atoms in total. The van der Waals surface area contributed by atoms with E-state index in [0.29, 0.717) is 22.9 Å². The molecule has 0 radical (unpaired) electrons. The van der Waals surface area contributed by atoms with Crippen molar-refractivity contribution in [3.63, 3.8) is 0 Å². The van der Waals surface area contributed by atoms with Gasteiger partial charge in [-0.2, -0.15) is 5.10 Å². The molecule has 1 amide bonds. The zero-order chi connectivity index (χ0) is 15.1. The number of carbonyl (C=O) groups excluding carboxylic acids is 1.